The summed E-state index contributed by atoms with van der Waals surface area (Å²) >= 11 is 0. The van der Waals surface area contributed by atoms with E-state index in [9.17, 15) is 14.4 Å². The highest BCUT2D eigenvalue weighted by molar-refractivity contribution is 6.39. The molecule has 0 aliphatic heterocycles. The van der Waals surface area contributed by atoms with Crippen LogP contribution in [0.25, 0.3) is 0 Å². The summed E-state index contributed by atoms with van der Waals surface area (Å²) in [6.45, 7) is 2.64. The molecule has 1 rings (SSSR count). The van der Waals surface area contributed by atoms with Crippen LogP contribution in [0.3, 0.4) is 0 Å². The van der Waals surface area contributed by atoms with Gasteiger partial charge in [0.05, 0.1) is 0 Å². The predicted molar refractivity (Wildman–Crippen MR) is 69.3 cm³/mol. The molecule has 0 aliphatic rings. The van der Waals surface area contributed by atoms with Crippen molar-refractivity contribution in [3.63, 3.8) is 0 Å². The summed E-state index contributed by atoms with van der Waals surface area (Å²) in [5, 5.41) is 7.28. The van der Waals surface area contributed by atoms with Gasteiger partial charge in [-0.3, -0.25) is 14.4 Å². The maximum Gasteiger partial charge on any atom is 0.314 e. The molecule has 19 heavy (non-hydrogen) atoms. The third-order valence-corrected chi connectivity index (χ3v) is 2.23. The van der Waals surface area contributed by atoms with Gasteiger partial charge in [-0.2, -0.15) is 0 Å². The van der Waals surface area contributed by atoms with Gasteiger partial charge >= 0.3 is 11.8 Å². The molecule has 3 N–H and O–H groups in total. The number of aromatic nitrogens is 1. The molecule has 1 aromatic rings. The number of hydrogen-bond donors (Lipinski definition) is 3. The van der Waals surface area contributed by atoms with Gasteiger partial charge in [0.25, 0.3) is 0 Å². The van der Waals surface area contributed by atoms with Crippen LogP contribution in [0.1, 0.15) is 12.0 Å². The molecule has 7 heteroatoms. The molecule has 102 valence electrons. The van der Waals surface area contributed by atoms with Gasteiger partial charge in [-0.15, -0.1) is 0 Å². The Hall–Kier alpha value is -2.44. The van der Waals surface area contributed by atoms with Crippen molar-refractivity contribution < 1.29 is 14.4 Å². The fraction of sp³-hybridized carbons (Fsp3) is 0.333. The minimum Gasteiger partial charge on any atom is -0.359 e. The van der Waals surface area contributed by atoms with Gasteiger partial charge < -0.3 is 16.0 Å². The zero-order valence-corrected chi connectivity index (χ0v) is 10.6. The van der Waals surface area contributed by atoms with E-state index in [1.54, 1.807) is 18.3 Å². The Bertz CT molecular complexity index is 445. The van der Waals surface area contributed by atoms with Crippen LogP contribution in [0.15, 0.2) is 18.3 Å². The predicted octanol–water partition coefficient (Wildman–Crippen LogP) is -0.419. The van der Waals surface area contributed by atoms with Crippen LogP contribution >= 0.6 is 0 Å². The lowest BCUT2D eigenvalue weighted by atomic mass is 10.3. The second-order valence-corrected chi connectivity index (χ2v) is 3.86. The van der Waals surface area contributed by atoms with Gasteiger partial charge in [0.1, 0.15) is 5.82 Å². The molecule has 0 atom stereocenters. The van der Waals surface area contributed by atoms with Gasteiger partial charge in [-0.1, -0.05) is 6.07 Å². The Morgan fingerprint density at radius 2 is 2.05 bits per heavy atom. The summed E-state index contributed by atoms with van der Waals surface area (Å²) < 4.78 is 0. The van der Waals surface area contributed by atoms with Crippen molar-refractivity contribution >= 4 is 24.0 Å². The van der Waals surface area contributed by atoms with E-state index in [0.717, 1.165) is 5.56 Å². The highest BCUT2D eigenvalue weighted by Crippen LogP contribution is 2.03. The SMILES string of the molecule is Cc1ccc(NC(=O)C(=O)NCCCNC=O)nc1. The number of anilines is 1. The molecule has 0 radical (unpaired) electrons. The molecular weight excluding hydrogens is 248 g/mol. The number of pyridine rings is 1. The van der Waals surface area contributed by atoms with Crippen LogP contribution in [0.2, 0.25) is 0 Å². The normalized spacial score (nSPS) is 9.53. The fourth-order valence-electron chi connectivity index (χ4n) is 1.25. The number of nitrogens with zero attached hydrogens (tertiary/aromatic N) is 1. The van der Waals surface area contributed by atoms with Crippen LogP contribution in [0, 0.1) is 6.92 Å². The molecule has 0 unspecified atom stereocenters. The van der Waals surface area contributed by atoms with Crippen LogP contribution in [-0.2, 0) is 14.4 Å². The number of aryl methyl sites for hydroxylation is 1. The van der Waals surface area contributed by atoms with Crippen molar-refractivity contribution in [1.82, 2.24) is 15.6 Å². The molecule has 1 heterocycles. The lowest BCUT2D eigenvalue weighted by Crippen LogP contribution is -2.36. The van der Waals surface area contributed by atoms with Crippen LogP contribution < -0.4 is 16.0 Å². The summed E-state index contributed by atoms with van der Waals surface area (Å²) in [6.07, 6.45) is 2.73. The van der Waals surface area contributed by atoms with Crippen LogP contribution in [0.5, 0.6) is 0 Å². The quantitative estimate of drug-likeness (QED) is 0.369. The topological polar surface area (TPSA) is 100 Å². The maximum atomic E-state index is 11.5. The maximum absolute atomic E-state index is 11.5. The highest BCUT2D eigenvalue weighted by Gasteiger charge is 2.13. The molecule has 0 aliphatic carbocycles. The Morgan fingerprint density at radius 3 is 2.68 bits per heavy atom. The number of carbonyl (C=O) groups is 3. The van der Waals surface area contributed by atoms with Crippen LogP contribution in [-0.4, -0.2) is 36.3 Å². The minimum absolute atomic E-state index is 0.314. The number of amides is 3. The second-order valence-electron chi connectivity index (χ2n) is 3.86. The van der Waals surface area contributed by atoms with Gasteiger partial charge in [0.2, 0.25) is 6.41 Å². The number of hydrogen-bond acceptors (Lipinski definition) is 4. The third-order valence-electron chi connectivity index (χ3n) is 2.23. The molecular formula is C12H16N4O3. The van der Waals surface area contributed by atoms with E-state index in [0.29, 0.717) is 31.7 Å². The lowest BCUT2D eigenvalue weighted by molar-refractivity contribution is -0.136. The summed E-state index contributed by atoms with van der Waals surface area (Å²) in [7, 11) is 0. The first-order valence-electron chi connectivity index (χ1n) is 5.82. The van der Waals surface area contributed by atoms with E-state index in [1.807, 2.05) is 6.92 Å². The lowest BCUT2D eigenvalue weighted by Gasteiger charge is -2.05. The molecule has 3 amide bonds. The zero-order valence-electron chi connectivity index (χ0n) is 10.6. The van der Waals surface area contributed by atoms with Gasteiger partial charge in [0, 0.05) is 19.3 Å². The molecule has 1 aromatic heterocycles. The van der Waals surface area contributed by atoms with E-state index < -0.39 is 11.8 Å². The number of rotatable bonds is 6. The standard InChI is InChI=1S/C12H16N4O3/c1-9-3-4-10(15-7-9)16-12(19)11(18)14-6-2-5-13-8-17/h3-4,7-8H,2,5-6H2,1H3,(H,13,17)(H,14,18)(H,15,16,19). The average Bonchev–Trinajstić information content (AvgIpc) is 2.41. The minimum atomic E-state index is -0.764. The van der Waals surface area contributed by atoms with Crippen molar-refractivity contribution in [3.05, 3.63) is 23.9 Å². The average molecular weight is 264 g/mol. The molecule has 0 saturated carbocycles. The third kappa shape index (κ3) is 5.62. The van der Waals surface area contributed by atoms with Crippen molar-refractivity contribution in [2.24, 2.45) is 0 Å². The van der Waals surface area contributed by atoms with Crippen LogP contribution in [0.4, 0.5) is 5.82 Å². The first-order valence-corrected chi connectivity index (χ1v) is 5.82. The molecule has 0 bridgehead atoms. The summed E-state index contributed by atoms with van der Waals surface area (Å²) in [5.41, 5.74) is 0.963. The first kappa shape index (κ1) is 14.6. The van der Waals surface area contributed by atoms with Crippen molar-refractivity contribution in [1.29, 1.82) is 0 Å². The highest BCUT2D eigenvalue weighted by atomic mass is 16.2. The summed E-state index contributed by atoms with van der Waals surface area (Å²) in [6, 6.07) is 3.40. The van der Waals surface area contributed by atoms with Crippen molar-refractivity contribution in [2.45, 2.75) is 13.3 Å². The molecule has 0 aromatic carbocycles. The molecule has 0 spiro atoms. The van der Waals surface area contributed by atoms with E-state index in [4.69, 9.17) is 0 Å². The van der Waals surface area contributed by atoms with Gasteiger partial charge in [-0.25, -0.2) is 4.98 Å². The first-order chi connectivity index (χ1) is 9.13. The zero-order chi connectivity index (χ0) is 14.1. The molecule has 7 nitrogen and oxygen atoms in total. The Kier molecular flexibility index (Phi) is 6.00. The van der Waals surface area contributed by atoms with Gasteiger partial charge in [0.15, 0.2) is 0 Å². The molecule has 0 fully saturated rings. The Balaban J connectivity index is 2.30. The Labute approximate surface area is 110 Å². The molecule has 0 saturated heterocycles. The number of nitrogens with one attached hydrogen (secondary N) is 3. The van der Waals surface area contributed by atoms with E-state index in [2.05, 4.69) is 20.9 Å². The number of carbonyl (C=O) groups excluding carboxylic acids is 3. The monoisotopic (exact) mass is 264 g/mol. The van der Waals surface area contributed by atoms with Gasteiger partial charge in [-0.05, 0) is 25.0 Å². The smallest absolute Gasteiger partial charge is 0.314 e. The van der Waals surface area contributed by atoms with E-state index in [-0.39, 0.29) is 0 Å². The van der Waals surface area contributed by atoms with E-state index in [1.165, 1.54) is 0 Å². The fourth-order valence-corrected chi connectivity index (χ4v) is 1.25. The summed E-state index contributed by atoms with van der Waals surface area (Å²) in [4.78, 5) is 36.8. The summed E-state index contributed by atoms with van der Waals surface area (Å²) in [5.74, 6) is -1.17. The largest absolute Gasteiger partial charge is 0.359 e. The van der Waals surface area contributed by atoms with Crippen molar-refractivity contribution in [2.75, 3.05) is 18.4 Å². The second kappa shape index (κ2) is 7.80. The van der Waals surface area contributed by atoms with E-state index >= 15 is 0 Å². The van der Waals surface area contributed by atoms with Crippen molar-refractivity contribution in [3.8, 4) is 0 Å². The Morgan fingerprint density at radius 1 is 1.26 bits per heavy atom.